The van der Waals surface area contributed by atoms with Crippen molar-refractivity contribution in [1.82, 2.24) is 30.0 Å². The lowest BCUT2D eigenvalue weighted by atomic mass is 10.1. The van der Waals surface area contributed by atoms with E-state index >= 15 is 0 Å². The Hall–Kier alpha value is -4.09. The molecular weight excluding hydrogens is 478 g/mol. The molecule has 0 aliphatic rings. The first-order valence-corrected chi connectivity index (χ1v) is 12.1. The van der Waals surface area contributed by atoms with Crippen molar-refractivity contribution in [2.75, 3.05) is 26.0 Å². The Labute approximate surface area is 215 Å². The van der Waals surface area contributed by atoms with Crippen molar-refractivity contribution < 1.29 is 23.9 Å². The summed E-state index contributed by atoms with van der Waals surface area (Å²) in [5.74, 6) is 0.0605. The molecule has 12 heteroatoms. The van der Waals surface area contributed by atoms with Gasteiger partial charge in [-0.3, -0.25) is 19.6 Å². The second-order valence-electron chi connectivity index (χ2n) is 9.44. The number of nitrogens with zero attached hydrogens (tertiary/aromatic N) is 4. The summed E-state index contributed by atoms with van der Waals surface area (Å²) >= 11 is 0. The minimum atomic E-state index is -0.596. The lowest BCUT2D eigenvalue weighted by Crippen LogP contribution is -2.33. The number of methoxy groups -OCH3 is 1. The topological polar surface area (TPSA) is 141 Å². The second kappa shape index (κ2) is 11.3. The molecule has 0 aliphatic carbocycles. The zero-order valence-corrected chi connectivity index (χ0v) is 22.4. The van der Waals surface area contributed by atoms with Crippen LogP contribution in [0.2, 0.25) is 0 Å². The summed E-state index contributed by atoms with van der Waals surface area (Å²) in [6.07, 6.45) is 0.00688. The number of ether oxygens (including phenoxy) is 2. The van der Waals surface area contributed by atoms with Crippen LogP contribution in [-0.2, 0) is 17.8 Å². The number of carbonyl (C=O) groups is 3. The molecule has 3 aromatic rings. The zero-order chi connectivity index (χ0) is 27.3. The summed E-state index contributed by atoms with van der Waals surface area (Å²) < 4.78 is 14.3. The highest BCUT2D eigenvalue weighted by molar-refractivity contribution is 6.04. The van der Waals surface area contributed by atoms with Crippen molar-refractivity contribution in [2.45, 2.75) is 59.7 Å². The number of hydrogen-bond donors (Lipinski definition) is 3. The van der Waals surface area contributed by atoms with Gasteiger partial charge in [-0.05, 0) is 59.2 Å². The van der Waals surface area contributed by atoms with Crippen LogP contribution in [0.5, 0.6) is 5.75 Å². The highest BCUT2D eigenvalue weighted by Crippen LogP contribution is 2.31. The van der Waals surface area contributed by atoms with Gasteiger partial charge in [0.25, 0.3) is 11.8 Å². The maximum atomic E-state index is 13.2. The fraction of sp³-hybridized carbons (Fsp3) is 0.480. The number of benzene rings is 1. The second-order valence-corrected chi connectivity index (χ2v) is 9.44. The van der Waals surface area contributed by atoms with Gasteiger partial charge in [-0.2, -0.15) is 5.10 Å². The first kappa shape index (κ1) is 27.5. The molecule has 0 radical (unpaired) electrons. The van der Waals surface area contributed by atoms with Gasteiger partial charge in [0.15, 0.2) is 0 Å². The van der Waals surface area contributed by atoms with E-state index < -0.39 is 11.7 Å². The minimum Gasteiger partial charge on any atom is -0.494 e. The van der Waals surface area contributed by atoms with Crippen molar-refractivity contribution >= 4 is 34.9 Å². The Kier molecular flexibility index (Phi) is 8.41. The van der Waals surface area contributed by atoms with Crippen LogP contribution in [-0.4, -0.2) is 63.5 Å². The van der Waals surface area contributed by atoms with Crippen LogP contribution in [0.1, 0.15) is 60.7 Å². The molecule has 3 rings (SSSR count). The van der Waals surface area contributed by atoms with Gasteiger partial charge in [0, 0.05) is 32.2 Å². The van der Waals surface area contributed by atoms with Gasteiger partial charge in [0.05, 0.1) is 18.3 Å². The fourth-order valence-corrected chi connectivity index (χ4v) is 3.85. The van der Waals surface area contributed by atoms with Crippen LogP contribution in [0.3, 0.4) is 0 Å². The summed E-state index contributed by atoms with van der Waals surface area (Å²) in [5.41, 5.74) is 2.01. The third-order valence-corrected chi connectivity index (χ3v) is 5.40. The van der Waals surface area contributed by atoms with Crippen molar-refractivity contribution in [3.05, 3.63) is 35.2 Å². The monoisotopic (exact) mass is 513 g/mol. The Morgan fingerprint density at radius 2 is 1.84 bits per heavy atom. The molecule has 0 saturated heterocycles. The minimum absolute atomic E-state index is 0.283. The molecule has 0 spiro atoms. The molecule has 2 heterocycles. The Morgan fingerprint density at radius 1 is 1.11 bits per heavy atom. The van der Waals surface area contributed by atoms with E-state index in [0.29, 0.717) is 54.1 Å². The van der Waals surface area contributed by atoms with Crippen LogP contribution >= 0.6 is 0 Å². The number of alkyl carbamates (subject to hydrolysis) is 1. The number of aromatic nitrogens is 4. The van der Waals surface area contributed by atoms with Gasteiger partial charge in [-0.1, -0.05) is 0 Å². The molecule has 12 nitrogen and oxygen atoms in total. The highest BCUT2D eigenvalue weighted by Gasteiger charge is 2.22. The van der Waals surface area contributed by atoms with E-state index in [4.69, 9.17) is 9.47 Å². The normalized spacial score (nSPS) is 11.3. The molecular formula is C25H35N7O5. The maximum absolute atomic E-state index is 13.2. The van der Waals surface area contributed by atoms with Gasteiger partial charge in [-0.25, -0.2) is 9.78 Å². The number of aryl methyl sites for hydroxylation is 3. The number of rotatable bonds is 9. The van der Waals surface area contributed by atoms with Gasteiger partial charge in [0.1, 0.15) is 22.6 Å². The first-order chi connectivity index (χ1) is 17.5. The largest absolute Gasteiger partial charge is 0.494 e. The number of imidazole rings is 1. The average Bonchev–Trinajstić information content (AvgIpc) is 3.39. The number of nitrogens with one attached hydrogen (secondary N) is 3. The number of hydrogen-bond acceptors (Lipinski definition) is 7. The Morgan fingerprint density at radius 3 is 2.46 bits per heavy atom. The van der Waals surface area contributed by atoms with E-state index in [-0.39, 0.29) is 17.8 Å². The van der Waals surface area contributed by atoms with Crippen molar-refractivity contribution in [2.24, 2.45) is 0 Å². The Balaban J connectivity index is 1.94. The van der Waals surface area contributed by atoms with Crippen LogP contribution in [0.15, 0.2) is 18.2 Å². The molecule has 2 aromatic heterocycles. The van der Waals surface area contributed by atoms with E-state index in [2.05, 4.69) is 26.0 Å². The lowest BCUT2D eigenvalue weighted by molar-refractivity contribution is 0.0526. The quantitative estimate of drug-likeness (QED) is 0.373. The third-order valence-electron chi connectivity index (χ3n) is 5.40. The van der Waals surface area contributed by atoms with Gasteiger partial charge in [0.2, 0.25) is 5.95 Å². The SMILES string of the molecule is CCn1nc(C)cc1C(=O)Nc1nc2cc(C(=O)NC)cc(OC)c2n1CCCNC(=O)OC(C)(C)C. The summed E-state index contributed by atoms with van der Waals surface area (Å²) in [7, 11) is 3.05. The molecule has 1 aromatic carbocycles. The zero-order valence-electron chi connectivity index (χ0n) is 22.4. The molecule has 0 atom stereocenters. The summed E-state index contributed by atoms with van der Waals surface area (Å²) in [4.78, 5) is 42.1. The molecule has 0 bridgehead atoms. The molecule has 0 fully saturated rings. The van der Waals surface area contributed by atoms with E-state index in [1.165, 1.54) is 7.11 Å². The molecule has 0 aliphatic heterocycles. The predicted octanol–water partition coefficient (Wildman–Crippen LogP) is 3.10. The van der Waals surface area contributed by atoms with E-state index in [1.54, 1.807) is 55.3 Å². The van der Waals surface area contributed by atoms with E-state index in [1.807, 2.05) is 13.8 Å². The van der Waals surface area contributed by atoms with Crippen molar-refractivity contribution in [1.29, 1.82) is 0 Å². The molecule has 3 N–H and O–H groups in total. The van der Waals surface area contributed by atoms with Crippen LogP contribution in [0, 0.1) is 6.92 Å². The van der Waals surface area contributed by atoms with Gasteiger partial charge >= 0.3 is 6.09 Å². The summed E-state index contributed by atoms with van der Waals surface area (Å²) in [6.45, 7) is 10.4. The van der Waals surface area contributed by atoms with Crippen molar-refractivity contribution in [3.8, 4) is 5.75 Å². The third kappa shape index (κ3) is 6.57. The number of fused-ring (bicyclic) bond motifs is 1. The molecule has 0 saturated carbocycles. The fourth-order valence-electron chi connectivity index (χ4n) is 3.85. The van der Waals surface area contributed by atoms with Gasteiger partial charge in [-0.15, -0.1) is 0 Å². The molecule has 3 amide bonds. The van der Waals surface area contributed by atoms with Crippen LogP contribution in [0.25, 0.3) is 11.0 Å². The number of anilines is 1. The first-order valence-electron chi connectivity index (χ1n) is 12.1. The molecule has 200 valence electrons. The average molecular weight is 514 g/mol. The Bertz CT molecular complexity index is 1300. The number of carbonyl (C=O) groups excluding carboxylic acids is 3. The molecule has 0 unspecified atom stereocenters. The lowest BCUT2D eigenvalue weighted by Gasteiger charge is -2.19. The van der Waals surface area contributed by atoms with Gasteiger partial charge < -0.3 is 24.7 Å². The summed E-state index contributed by atoms with van der Waals surface area (Å²) in [6, 6.07) is 4.97. The maximum Gasteiger partial charge on any atom is 0.407 e. The number of amides is 3. The molecule has 37 heavy (non-hydrogen) atoms. The summed E-state index contributed by atoms with van der Waals surface area (Å²) in [5, 5.41) is 12.6. The van der Waals surface area contributed by atoms with E-state index in [9.17, 15) is 14.4 Å². The predicted molar refractivity (Wildman–Crippen MR) is 139 cm³/mol. The smallest absolute Gasteiger partial charge is 0.407 e. The van der Waals surface area contributed by atoms with Crippen molar-refractivity contribution in [3.63, 3.8) is 0 Å². The standard InChI is InChI=1S/C25H35N7O5/c1-8-32-18(12-15(2)30-32)22(34)29-23-28-17-13-16(21(33)26-6)14-19(36-7)20(17)31(23)11-9-10-27-24(35)37-25(3,4)5/h12-14H,8-11H2,1-7H3,(H,26,33)(H,27,35)(H,28,29,34). The van der Waals surface area contributed by atoms with Crippen LogP contribution < -0.4 is 20.7 Å². The highest BCUT2D eigenvalue weighted by atomic mass is 16.6. The van der Waals surface area contributed by atoms with E-state index in [0.717, 1.165) is 5.69 Å². The van der Waals surface area contributed by atoms with Crippen LogP contribution in [0.4, 0.5) is 10.7 Å².